The summed E-state index contributed by atoms with van der Waals surface area (Å²) in [5, 5.41) is 0.857. The van der Waals surface area contributed by atoms with Crippen molar-refractivity contribution < 1.29 is 4.74 Å². The summed E-state index contributed by atoms with van der Waals surface area (Å²) in [4.78, 5) is 2.51. The third-order valence-electron chi connectivity index (χ3n) is 2.41. The van der Waals surface area contributed by atoms with Crippen molar-refractivity contribution in [3.63, 3.8) is 0 Å². The van der Waals surface area contributed by atoms with Gasteiger partial charge in [0.25, 0.3) is 0 Å². The van der Waals surface area contributed by atoms with Crippen molar-refractivity contribution >= 4 is 11.8 Å². The Kier molecular flexibility index (Phi) is 5.04. The lowest BCUT2D eigenvalue weighted by Gasteiger charge is -2.31. The summed E-state index contributed by atoms with van der Waals surface area (Å²) in [5.41, 5.74) is 0. The van der Waals surface area contributed by atoms with E-state index in [0.717, 1.165) is 18.4 Å². The number of methoxy groups -OCH3 is 1. The maximum absolute atomic E-state index is 5.06. The van der Waals surface area contributed by atoms with Crippen LogP contribution in [0.4, 0.5) is 0 Å². The van der Waals surface area contributed by atoms with Crippen molar-refractivity contribution in [1.29, 1.82) is 0 Å². The lowest BCUT2D eigenvalue weighted by molar-refractivity contribution is 0.137. The Labute approximate surface area is 79.6 Å². The molecule has 0 unspecified atom stereocenters. The topological polar surface area (TPSA) is 12.5 Å². The molecule has 1 fully saturated rings. The summed E-state index contributed by atoms with van der Waals surface area (Å²) in [6.45, 7) is 4.50. The number of hydrogen-bond acceptors (Lipinski definition) is 3. The summed E-state index contributed by atoms with van der Waals surface area (Å²) in [7, 11) is 1.77. The fourth-order valence-electron chi connectivity index (χ4n) is 1.63. The van der Waals surface area contributed by atoms with Gasteiger partial charge in [-0.15, -0.1) is 0 Å². The smallest absolute Gasteiger partial charge is 0.0589 e. The van der Waals surface area contributed by atoms with Gasteiger partial charge in [-0.1, -0.05) is 0 Å². The molecule has 1 atom stereocenters. The Hall–Kier alpha value is 0.270. The molecule has 0 radical (unpaired) electrons. The molecule has 0 amide bonds. The van der Waals surface area contributed by atoms with Crippen molar-refractivity contribution in [1.82, 2.24) is 4.90 Å². The summed E-state index contributed by atoms with van der Waals surface area (Å²) < 4.78 is 5.06. The van der Waals surface area contributed by atoms with E-state index in [1.54, 1.807) is 7.11 Å². The number of rotatable bonds is 4. The summed E-state index contributed by atoms with van der Waals surface area (Å²) >= 11 is 2.00. The minimum atomic E-state index is 0.857. The van der Waals surface area contributed by atoms with Crippen LogP contribution in [-0.4, -0.2) is 49.8 Å². The number of hydrogen-bond donors (Lipinski definition) is 0. The van der Waals surface area contributed by atoms with Crippen molar-refractivity contribution in [3.8, 4) is 0 Å². The van der Waals surface area contributed by atoms with E-state index >= 15 is 0 Å². The molecule has 1 rings (SSSR count). The second-order valence-corrected chi connectivity index (χ2v) is 4.43. The average molecular weight is 189 g/mol. The maximum Gasteiger partial charge on any atom is 0.0589 e. The van der Waals surface area contributed by atoms with E-state index in [4.69, 9.17) is 4.74 Å². The first-order chi connectivity index (χ1) is 5.86. The highest BCUT2D eigenvalue weighted by Gasteiger charge is 2.17. The van der Waals surface area contributed by atoms with Gasteiger partial charge in [0, 0.05) is 25.4 Å². The Bertz CT molecular complexity index is 121. The molecule has 0 aromatic carbocycles. The van der Waals surface area contributed by atoms with E-state index in [9.17, 15) is 0 Å². The van der Waals surface area contributed by atoms with Crippen LogP contribution in [0.5, 0.6) is 0 Å². The number of thioether (sulfide) groups is 1. The van der Waals surface area contributed by atoms with Gasteiger partial charge in [-0.2, -0.15) is 11.8 Å². The third-order valence-corrected chi connectivity index (χ3v) is 3.46. The van der Waals surface area contributed by atoms with Crippen LogP contribution in [-0.2, 0) is 4.74 Å². The molecule has 1 saturated heterocycles. The van der Waals surface area contributed by atoms with Crippen LogP contribution in [0.15, 0.2) is 0 Å². The quantitative estimate of drug-likeness (QED) is 0.664. The molecule has 0 N–H and O–H groups in total. The van der Waals surface area contributed by atoms with Gasteiger partial charge in [0.05, 0.1) is 6.61 Å². The van der Waals surface area contributed by atoms with Crippen molar-refractivity contribution in [2.75, 3.05) is 39.6 Å². The van der Waals surface area contributed by atoms with Gasteiger partial charge in [0.2, 0.25) is 0 Å². The molecule has 0 aromatic heterocycles. The summed E-state index contributed by atoms with van der Waals surface area (Å²) in [6.07, 6.45) is 4.96. The normalized spacial score (nSPS) is 26.0. The highest BCUT2D eigenvalue weighted by molar-refractivity contribution is 7.99. The Morgan fingerprint density at radius 3 is 3.08 bits per heavy atom. The van der Waals surface area contributed by atoms with Gasteiger partial charge in [-0.3, -0.25) is 4.90 Å². The third kappa shape index (κ3) is 3.33. The van der Waals surface area contributed by atoms with E-state index in [0.29, 0.717) is 0 Å². The molecule has 0 bridgehead atoms. The van der Waals surface area contributed by atoms with Crippen molar-refractivity contribution in [3.05, 3.63) is 0 Å². The van der Waals surface area contributed by atoms with E-state index in [-0.39, 0.29) is 0 Å². The Balaban J connectivity index is 2.16. The number of ether oxygens (including phenoxy) is 1. The molecular formula is C9H19NOS. The fraction of sp³-hybridized carbons (Fsp3) is 1.00. The van der Waals surface area contributed by atoms with Crippen LogP contribution in [0.25, 0.3) is 0 Å². The first kappa shape index (κ1) is 10.4. The molecule has 72 valence electrons. The maximum atomic E-state index is 5.06. The molecule has 12 heavy (non-hydrogen) atoms. The number of nitrogens with zero attached hydrogens (tertiary/aromatic N) is 1. The number of likely N-dealkylation sites (tertiary alicyclic amines) is 1. The fourth-order valence-corrected chi connectivity index (χ4v) is 2.39. The van der Waals surface area contributed by atoms with Gasteiger partial charge in [-0.05, 0) is 25.6 Å². The molecule has 0 aliphatic carbocycles. The molecule has 0 aromatic rings. The van der Waals surface area contributed by atoms with Crippen LogP contribution in [0.1, 0.15) is 12.8 Å². The van der Waals surface area contributed by atoms with Crippen molar-refractivity contribution in [2.45, 2.75) is 18.1 Å². The van der Waals surface area contributed by atoms with Crippen LogP contribution in [0.3, 0.4) is 0 Å². The minimum Gasteiger partial charge on any atom is -0.383 e. The molecular weight excluding hydrogens is 170 g/mol. The molecule has 3 heteroatoms. The molecule has 2 nitrogen and oxygen atoms in total. The number of piperidine rings is 1. The van der Waals surface area contributed by atoms with Crippen molar-refractivity contribution in [2.24, 2.45) is 0 Å². The highest BCUT2D eigenvalue weighted by Crippen LogP contribution is 2.19. The van der Waals surface area contributed by atoms with Gasteiger partial charge < -0.3 is 4.74 Å². The van der Waals surface area contributed by atoms with Crippen LogP contribution < -0.4 is 0 Å². The zero-order valence-corrected chi connectivity index (χ0v) is 8.90. The highest BCUT2D eigenvalue weighted by atomic mass is 32.2. The van der Waals surface area contributed by atoms with Gasteiger partial charge >= 0.3 is 0 Å². The molecule has 0 saturated carbocycles. The second kappa shape index (κ2) is 5.84. The lowest BCUT2D eigenvalue weighted by atomic mass is 10.1. The van der Waals surface area contributed by atoms with E-state index in [1.165, 1.54) is 25.9 Å². The predicted octanol–water partition coefficient (Wildman–Crippen LogP) is 1.46. The Morgan fingerprint density at radius 1 is 1.58 bits per heavy atom. The van der Waals surface area contributed by atoms with E-state index < -0.39 is 0 Å². The van der Waals surface area contributed by atoms with Crippen LogP contribution in [0.2, 0.25) is 0 Å². The monoisotopic (exact) mass is 189 g/mol. The largest absolute Gasteiger partial charge is 0.383 e. The van der Waals surface area contributed by atoms with Gasteiger partial charge in [0.15, 0.2) is 0 Å². The van der Waals surface area contributed by atoms with Gasteiger partial charge in [-0.25, -0.2) is 0 Å². The first-order valence-electron chi connectivity index (χ1n) is 4.61. The molecule has 0 spiro atoms. The lowest BCUT2D eigenvalue weighted by Crippen LogP contribution is -2.38. The van der Waals surface area contributed by atoms with E-state index in [1.807, 2.05) is 11.8 Å². The zero-order valence-electron chi connectivity index (χ0n) is 8.08. The van der Waals surface area contributed by atoms with Crippen LogP contribution >= 0.6 is 11.8 Å². The Morgan fingerprint density at radius 2 is 2.42 bits per heavy atom. The predicted molar refractivity (Wildman–Crippen MR) is 54.9 cm³/mol. The summed E-state index contributed by atoms with van der Waals surface area (Å²) in [5.74, 6) is 0. The standard InChI is InChI=1S/C9H19NOS/c1-11-7-6-10-5-3-4-9(8-10)12-2/h9H,3-8H2,1-2H3/t9-/m1/s1. The SMILES string of the molecule is COCCN1CCC[C@@H](SC)C1. The summed E-state index contributed by atoms with van der Waals surface area (Å²) in [6, 6.07) is 0. The van der Waals surface area contributed by atoms with E-state index in [2.05, 4.69) is 11.2 Å². The average Bonchev–Trinajstić information content (AvgIpc) is 2.15. The molecule has 1 aliphatic rings. The minimum absolute atomic E-state index is 0.857. The molecule has 1 aliphatic heterocycles. The zero-order chi connectivity index (χ0) is 8.81. The first-order valence-corrected chi connectivity index (χ1v) is 5.89. The van der Waals surface area contributed by atoms with Crippen LogP contribution in [0, 0.1) is 0 Å². The second-order valence-electron chi connectivity index (χ2n) is 3.29. The van der Waals surface area contributed by atoms with Gasteiger partial charge in [0.1, 0.15) is 0 Å². The molecule has 1 heterocycles.